The predicted molar refractivity (Wildman–Crippen MR) is 82.9 cm³/mol. The molecule has 1 heterocycles. The molecule has 0 radical (unpaired) electrons. The highest BCUT2D eigenvalue weighted by Gasteiger charge is 2.33. The summed E-state index contributed by atoms with van der Waals surface area (Å²) in [5, 5.41) is 2.83. The Bertz CT molecular complexity index is 574. The van der Waals surface area contributed by atoms with E-state index in [1.165, 1.54) is 13.0 Å². The maximum Gasteiger partial charge on any atom is 0.224 e. The van der Waals surface area contributed by atoms with Crippen LogP contribution in [-0.2, 0) is 9.59 Å². The number of nitrogens with one attached hydrogen (secondary N) is 1. The number of nitrogens with zero attached hydrogens (tertiary/aromatic N) is 1. The number of hydrogen-bond donors (Lipinski definition) is 1. The molecule has 2 unspecified atom stereocenters. The molecule has 22 heavy (non-hydrogen) atoms. The molecule has 1 N–H and O–H groups in total. The minimum absolute atomic E-state index is 0.0164. The lowest BCUT2D eigenvalue weighted by atomic mass is 9.83. The second kappa shape index (κ2) is 6.90. The normalized spacial score (nSPS) is 21.5. The molecule has 0 bridgehead atoms. The van der Waals surface area contributed by atoms with Gasteiger partial charge in [-0.25, -0.2) is 4.39 Å². The molecule has 1 aliphatic rings. The maximum atomic E-state index is 13.4. The summed E-state index contributed by atoms with van der Waals surface area (Å²) in [4.78, 5) is 25.6. The molecule has 1 aromatic carbocycles. The molecule has 1 fully saturated rings. The van der Waals surface area contributed by atoms with E-state index in [-0.39, 0.29) is 29.5 Å². The van der Waals surface area contributed by atoms with Crippen LogP contribution in [0.2, 0.25) is 0 Å². The number of hydrogen-bond acceptors (Lipinski definition) is 2. The van der Waals surface area contributed by atoms with Crippen LogP contribution < -0.4 is 5.32 Å². The van der Waals surface area contributed by atoms with Gasteiger partial charge in [-0.15, -0.1) is 0 Å². The number of piperidine rings is 1. The zero-order chi connectivity index (χ0) is 16.3. The molecule has 2 atom stereocenters. The van der Waals surface area contributed by atoms with Crippen LogP contribution >= 0.6 is 0 Å². The number of aryl methyl sites for hydroxylation is 1. The van der Waals surface area contributed by atoms with Gasteiger partial charge in [0.1, 0.15) is 5.82 Å². The lowest BCUT2D eigenvalue weighted by Gasteiger charge is -2.37. The van der Waals surface area contributed by atoms with Crippen molar-refractivity contribution < 1.29 is 14.0 Å². The van der Waals surface area contributed by atoms with Crippen molar-refractivity contribution >= 4 is 11.8 Å². The van der Waals surface area contributed by atoms with Gasteiger partial charge in [-0.2, -0.15) is 0 Å². The summed E-state index contributed by atoms with van der Waals surface area (Å²) >= 11 is 0. The molecule has 5 heteroatoms. The highest BCUT2D eigenvalue weighted by Crippen LogP contribution is 2.31. The molecule has 0 aliphatic carbocycles. The molecular formula is C17H23FN2O2. The number of rotatable bonds is 3. The van der Waals surface area contributed by atoms with E-state index in [1.807, 2.05) is 13.0 Å². The topological polar surface area (TPSA) is 49.4 Å². The number of halogens is 1. The Morgan fingerprint density at radius 2 is 2.09 bits per heavy atom. The third kappa shape index (κ3) is 3.64. The zero-order valence-electron chi connectivity index (χ0n) is 13.4. The second-order valence-electron chi connectivity index (χ2n) is 5.96. The minimum Gasteiger partial charge on any atom is -0.356 e. The second-order valence-corrected chi connectivity index (χ2v) is 5.96. The van der Waals surface area contributed by atoms with E-state index in [0.717, 1.165) is 5.56 Å². The quantitative estimate of drug-likeness (QED) is 0.931. The zero-order valence-corrected chi connectivity index (χ0v) is 13.4. The van der Waals surface area contributed by atoms with Crippen molar-refractivity contribution in [2.24, 2.45) is 5.92 Å². The first kappa shape index (κ1) is 16.5. The first-order valence-corrected chi connectivity index (χ1v) is 7.71. The van der Waals surface area contributed by atoms with Gasteiger partial charge in [0.25, 0.3) is 0 Å². The Hall–Kier alpha value is -1.91. The predicted octanol–water partition coefficient (Wildman–Crippen LogP) is 2.22. The summed E-state index contributed by atoms with van der Waals surface area (Å²) in [6.07, 6.45) is 0.681. The van der Waals surface area contributed by atoms with E-state index >= 15 is 0 Å². The highest BCUT2D eigenvalue weighted by atomic mass is 19.1. The van der Waals surface area contributed by atoms with Crippen LogP contribution in [0.4, 0.5) is 4.39 Å². The Kier molecular flexibility index (Phi) is 5.16. The summed E-state index contributed by atoms with van der Waals surface area (Å²) in [5.41, 5.74) is 1.58. The molecule has 120 valence electrons. The van der Waals surface area contributed by atoms with Gasteiger partial charge in [0.05, 0.1) is 5.92 Å². The molecule has 1 aliphatic heterocycles. The van der Waals surface area contributed by atoms with Crippen molar-refractivity contribution in [3.63, 3.8) is 0 Å². The van der Waals surface area contributed by atoms with Gasteiger partial charge in [-0.1, -0.05) is 12.1 Å². The lowest BCUT2D eigenvalue weighted by Crippen LogP contribution is -2.47. The van der Waals surface area contributed by atoms with Crippen LogP contribution in [0.25, 0.3) is 0 Å². The molecule has 1 aromatic rings. The van der Waals surface area contributed by atoms with Gasteiger partial charge in [0.2, 0.25) is 11.8 Å². The van der Waals surface area contributed by atoms with Gasteiger partial charge in [-0.05, 0) is 37.5 Å². The fourth-order valence-electron chi connectivity index (χ4n) is 3.03. The third-order valence-electron chi connectivity index (χ3n) is 4.27. The fourth-order valence-corrected chi connectivity index (χ4v) is 3.03. The summed E-state index contributed by atoms with van der Waals surface area (Å²) < 4.78 is 13.4. The Labute approximate surface area is 130 Å². The van der Waals surface area contributed by atoms with E-state index in [4.69, 9.17) is 0 Å². The van der Waals surface area contributed by atoms with E-state index in [1.54, 1.807) is 17.9 Å². The molecule has 0 saturated carbocycles. The highest BCUT2D eigenvalue weighted by molar-refractivity contribution is 5.80. The Morgan fingerprint density at radius 3 is 2.68 bits per heavy atom. The number of benzene rings is 1. The van der Waals surface area contributed by atoms with Gasteiger partial charge >= 0.3 is 0 Å². The smallest absolute Gasteiger partial charge is 0.224 e. The van der Waals surface area contributed by atoms with Crippen molar-refractivity contribution in [2.45, 2.75) is 33.1 Å². The average Bonchev–Trinajstić information content (AvgIpc) is 2.49. The van der Waals surface area contributed by atoms with Crippen LogP contribution in [0.3, 0.4) is 0 Å². The van der Waals surface area contributed by atoms with Gasteiger partial charge in [-0.3, -0.25) is 9.59 Å². The molecule has 0 spiro atoms. The van der Waals surface area contributed by atoms with E-state index in [9.17, 15) is 14.0 Å². The van der Waals surface area contributed by atoms with Gasteiger partial charge in [0, 0.05) is 32.5 Å². The van der Waals surface area contributed by atoms with Crippen molar-refractivity contribution in [2.75, 3.05) is 19.6 Å². The first-order chi connectivity index (χ1) is 10.4. The Balaban J connectivity index is 2.23. The Morgan fingerprint density at radius 1 is 1.36 bits per heavy atom. The van der Waals surface area contributed by atoms with Crippen LogP contribution in [0.1, 0.15) is 37.3 Å². The van der Waals surface area contributed by atoms with Gasteiger partial charge in [0.15, 0.2) is 0 Å². The molecule has 2 amide bonds. The molecule has 0 aromatic heterocycles. The fraction of sp³-hybridized carbons (Fsp3) is 0.529. The van der Waals surface area contributed by atoms with Crippen LogP contribution in [0.5, 0.6) is 0 Å². The summed E-state index contributed by atoms with van der Waals surface area (Å²) in [6.45, 7) is 6.74. The maximum absolute atomic E-state index is 13.4. The molecule has 4 nitrogen and oxygen atoms in total. The number of amides is 2. The van der Waals surface area contributed by atoms with Crippen molar-refractivity contribution in [3.05, 3.63) is 35.1 Å². The summed E-state index contributed by atoms with van der Waals surface area (Å²) in [5.74, 6) is -0.434. The van der Waals surface area contributed by atoms with Gasteiger partial charge < -0.3 is 10.2 Å². The number of likely N-dealkylation sites (tertiary alicyclic amines) is 1. The molecule has 1 saturated heterocycles. The summed E-state index contributed by atoms with van der Waals surface area (Å²) in [7, 11) is 0. The summed E-state index contributed by atoms with van der Waals surface area (Å²) in [6, 6.07) is 5.03. The van der Waals surface area contributed by atoms with Crippen molar-refractivity contribution in [1.29, 1.82) is 0 Å². The van der Waals surface area contributed by atoms with Crippen LogP contribution in [0, 0.1) is 18.7 Å². The van der Waals surface area contributed by atoms with Crippen molar-refractivity contribution in [3.8, 4) is 0 Å². The van der Waals surface area contributed by atoms with E-state index < -0.39 is 0 Å². The lowest BCUT2D eigenvalue weighted by molar-refractivity contribution is -0.134. The molecule has 2 rings (SSSR count). The number of carbonyl (C=O) groups excluding carboxylic acids is 2. The standard InChI is InChI=1S/C17H23FN2O2/c1-4-19-17(22)15-8-14(9-20(10-15)12(3)21)13-5-6-16(18)11(2)7-13/h5-7,14-15H,4,8-10H2,1-3H3,(H,19,22). The SMILES string of the molecule is CCNC(=O)C1CC(c2ccc(F)c(C)c2)CN(C(C)=O)C1. The number of carbonyl (C=O) groups is 2. The van der Waals surface area contributed by atoms with Crippen molar-refractivity contribution in [1.82, 2.24) is 10.2 Å². The largest absolute Gasteiger partial charge is 0.356 e. The van der Waals surface area contributed by atoms with E-state index in [0.29, 0.717) is 31.6 Å². The monoisotopic (exact) mass is 306 g/mol. The molecular weight excluding hydrogens is 283 g/mol. The minimum atomic E-state index is -0.233. The first-order valence-electron chi connectivity index (χ1n) is 7.71. The van der Waals surface area contributed by atoms with Crippen LogP contribution in [0.15, 0.2) is 18.2 Å². The third-order valence-corrected chi connectivity index (χ3v) is 4.27. The van der Waals surface area contributed by atoms with Crippen LogP contribution in [-0.4, -0.2) is 36.3 Å². The average molecular weight is 306 g/mol. The van der Waals surface area contributed by atoms with E-state index in [2.05, 4.69) is 5.32 Å².